The van der Waals surface area contributed by atoms with Crippen LogP contribution in [0.2, 0.25) is 0 Å². The van der Waals surface area contributed by atoms with Crippen LogP contribution in [0.4, 0.5) is 0 Å². The van der Waals surface area contributed by atoms with E-state index < -0.39 is 0 Å². The molecule has 4 nitrogen and oxygen atoms in total. The summed E-state index contributed by atoms with van der Waals surface area (Å²) in [6, 6.07) is 10.7. The molecule has 0 radical (unpaired) electrons. The highest BCUT2D eigenvalue weighted by atomic mass is 32.2. The summed E-state index contributed by atoms with van der Waals surface area (Å²) >= 11 is 2.05. The van der Waals surface area contributed by atoms with Crippen LogP contribution in [0.1, 0.15) is 47.8 Å². The molecule has 1 fully saturated rings. The van der Waals surface area contributed by atoms with Crippen molar-refractivity contribution in [2.45, 2.75) is 37.1 Å². The van der Waals surface area contributed by atoms with Crippen molar-refractivity contribution in [1.82, 2.24) is 20.1 Å². The number of rotatable bonds is 2. The van der Waals surface area contributed by atoms with E-state index in [0.29, 0.717) is 5.25 Å². The average molecular weight is 300 g/mol. The molecule has 0 spiro atoms. The number of thioether (sulfide) groups is 1. The molecule has 1 aromatic carbocycles. The predicted octanol–water partition coefficient (Wildman–Crippen LogP) is 2.93. The van der Waals surface area contributed by atoms with Crippen molar-refractivity contribution < 1.29 is 0 Å². The number of benzene rings is 1. The summed E-state index contributed by atoms with van der Waals surface area (Å²) in [6.45, 7) is 1.97. The number of nitrogens with one attached hydrogen (secondary N) is 1. The lowest BCUT2D eigenvalue weighted by Gasteiger charge is -2.27. The Morgan fingerprint density at radius 3 is 2.76 bits per heavy atom. The predicted molar refractivity (Wildman–Crippen MR) is 85.4 cm³/mol. The molecule has 1 N–H and O–H groups in total. The lowest BCUT2D eigenvalue weighted by molar-refractivity contribution is 0.444. The Balaban J connectivity index is 1.68. The lowest BCUT2D eigenvalue weighted by atomic mass is 10.0. The third kappa shape index (κ3) is 2.49. The second-order valence-electron chi connectivity index (χ2n) is 5.72. The van der Waals surface area contributed by atoms with E-state index >= 15 is 0 Å². The third-order valence-corrected chi connectivity index (χ3v) is 5.72. The van der Waals surface area contributed by atoms with Crippen molar-refractivity contribution in [3.05, 3.63) is 47.5 Å². The number of hydrogen-bond acceptors (Lipinski definition) is 4. The van der Waals surface area contributed by atoms with Crippen LogP contribution in [0.25, 0.3) is 0 Å². The average Bonchev–Trinajstić information content (AvgIpc) is 3.00. The van der Waals surface area contributed by atoms with Gasteiger partial charge in [0.25, 0.3) is 0 Å². The monoisotopic (exact) mass is 300 g/mol. The first kappa shape index (κ1) is 13.3. The van der Waals surface area contributed by atoms with Gasteiger partial charge in [0.15, 0.2) is 5.82 Å². The molecule has 2 unspecified atom stereocenters. The molecule has 2 aliphatic rings. The Bertz CT molecular complexity index is 604. The number of hydrogen-bond donors (Lipinski definition) is 1. The fourth-order valence-corrected chi connectivity index (χ4v) is 4.59. The molecule has 2 atom stereocenters. The van der Waals surface area contributed by atoms with Crippen LogP contribution < -0.4 is 5.32 Å². The van der Waals surface area contributed by atoms with Gasteiger partial charge in [-0.3, -0.25) is 0 Å². The van der Waals surface area contributed by atoms with E-state index in [1.54, 1.807) is 0 Å². The van der Waals surface area contributed by atoms with Gasteiger partial charge in [-0.25, -0.2) is 0 Å². The smallest absolute Gasteiger partial charge is 0.154 e. The first-order valence-corrected chi connectivity index (χ1v) is 8.81. The van der Waals surface area contributed by atoms with Crippen molar-refractivity contribution in [3.63, 3.8) is 0 Å². The first-order valence-electron chi connectivity index (χ1n) is 7.76. The van der Waals surface area contributed by atoms with E-state index in [9.17, 15) is 0 Å². The standard InChI is InChI=1S/C16H20N4S/c1-2-6-12(7-3-1)14-16-19-18-15(20(16)10-9-17-14)13-8-4-5-11-21-13/h1-3,6-7,13-14,17H,4-5,8-11H2. The molecule has 21 heavy (non-hydrogen) atoms. The Hall–Kier alpha value is -1.33. The number of nitrogens with zero attached hydrogens (tertiary/aromatic N) is 3. The molecule has 2 aromatic rings. The maximum absolute atomic E-state index is 4.55. The molecule has 0 saturated carbocycles. The summed E-state index contributed by atoms with van der Waals surface area (Å²) in [5.41, 5.74) is 1.27. The Morgan fingerprint density at radius 2 is 1.95 bits per heavy atom. The Labute approximate surface area is 129 Å². The molecule has 0 bridgehead atoms. The van der Waals surface area contributed by atoms with Crippen LogP contribution in [-0.4, -0.2) is 27.1 Å². The molecule has 0 amide bonds. The quantitative estimate of drug-likeness (QED) is 0.926. The van der Waals surface area contributed by atoms with Crippen molar-refractivity contribution in [1.29, 1.82) is 0 Å². The Morgan fingerprint density at radius 1 is 1.10 bits per heavy atom. The van der Waals surface area contributed by atoms with Crippen molar-refractivity contribution in [2.75, 3.05) is 12.3 Å². The zero-order chi connectivity index (χ0) is 14.1. The molecule has 2 aliphatic heterocycles. The number of fused-ring (bicyclic) bond motifs is 1. The van der Waals surface area contributed by atoms with Gasteiger partial charge in [0, 0.05) is 13.1 Å². The van der Waals surface area contributed by atoms with E-state index in [2.05, 4.69) is 50.4 Å². The highest BCUT2D eigenvalue weighted by Crippen LogP contribution is 2.38. The Kier molecular flexibility index (Phi) is 3.69. The van der Waals surface area contributed by atoms with Gasteiger partial charge in [0.2, 0.25) is 0 Å². The van der Waals surface area contributed by atoms with E-state index in [0.717, 1.165) is 18.9 Å². The van der Waals surface area contributed by atoms with Crippen molar-refractivity contribution in [3.8, 4) is 0 Å². The topological polar surface area (TPSA) is 42.7 Å². The minimum atomic E-state index is 0.176. The van der Waals surface area contributed by atoms with Crippen LogP contribution in [0, 0.1) is 0 Å². The second kappa shape index (κ2) is 5.81. The fraction of sp³-hybridized carbons (Fsp3) is 0.500. The van der Waals surface area contributed by atoms with E-state index in [1.165, 1.54) is 36.4 Å². The van der Waals surface area contributed by atoms with Gasteiger partial charge in [-0.05, 0) is 24.2 Å². The molecule has 1 saturated heterocycles. The minimum absolute atomic E-state index is 0.176. The van der Waals surface area contributed by atoms with Crippen molar-refractivity contribution >= 4 is 11.8 Å². The maximum atomic E-state index is 4.55. The second-order valence-corrected chi connectivity index (χ2v) is 7.03. The lowest BCUT2D eigenvalue weighted by Crippen LogP contribution is -2.35. The molecular formula is C16H20N4S. The molecular weight excluding hydrogens is 280 g/mol. The third-order valence-electron chi connectivity index (χ3n) is 4.35. The summed E-state index contributed by atoms with van der Waals surface area (Å²) in [5.74, 6) is 3.53. The summed E-state index contributed by atoms with van der Waals surface area (Å²) < 4.78 is 2.36. The summed E-state index contributed by atoms with van der Waals surface area (Å²) in [5, 5.41) is 13.2. The van der Waals surface area contributed by atoms with Gasteiger partial charge in [-0.2, -0.15) is 11.8 Å². The number of aromatic nitrogens is 3. The van der Waals surface area contributed by atoms with Crippen LogP contribution >= 0.6 is 11.8 Å². The van der Waals surface area contributed by atoms with Crippen molar-refractivity contribution in [2.24, 2.45) is 0 Å². The van der Waals surface area contributed by atoms with E-state index in [4.69, 9.17) is 0 Å². The minimum Gasteiger partial charge on any atom is -0.311 e. The fourth-order valence-electron chi connectivity index (χ4n) is 3.28. The molecule has 3 heterocycles. The zero-order valence-corrected chi connectivity index (χ0v) is 12.9. The van der Waals surface area contributed by atoms with E-state index in [-0.39, 0.29) is 6.04 Å². The molecule has 4 rings (SSSR count). The van der Waals surface area contributed by atoms with Gasteiger partial charge in [-0.1, -0.05) is 36.8 Å². The van der Waals surface area contributed by atoms with Crippen LogP contribution in [0.5, 0.6) is 0 Å². The summed E-state index contributed by atoms with van der Waals surface area (Å²) in [4.78, 5) is 0. The molecule has 110 valence electrons. The van der Waals surface area contributed by atoms with Gasteiger partial charge in [0.05, 0.1) is 11.3 Å². The van der Waals surface area contributed by atoms with Crippen LogP contribution in [0.15, 0.2) is 30.3 Å². The van der Waals surface area contributed by atoms with Gasteiger partial charge in [-0.15, -0.1) is 10.2 Å². The molecule has 5 heteroatoms. The highest BCUT2D eigenvalue weighted by Gasteiger charge is 2.29. The SMILES string of the molecule is c1ccc(C2NCCn3c(C4CCCCS4)nnc32)cc1. The summed E-state index contributed by atoms with van der Waals surface area (Å²) in [6.07, 6.45) is 3.91. The molecule has 1 aromatic heterocycles. The largest absolute Gasteiger partial charge is 0.311 e. The molecule has 0 aliphatic carbocycles. The van der Waals surface area contributed by atoms with Gasteiger partial charge in [0.1, 0.15) is 5.82 Å². The maximum Gasteiger partial charge on any atom is 0.154 e. The van der Waals surface area contributed by atoms with Crippen LogP contribution in [0.3, 0.4) is 0 Å². The van der Waals surface area contributed by atoms with E-state index in [1.807, 2.05) is 11.8 Å². The zero-order valence-electron chi connectivity index (χ0n) is 12.0. The highest BCUT2D eigenvalue weighted by molar-refractivity contribution is 7.99. The summed E-state index contributed by atoms with van der Waals surface area (Å²) in [7, 11) is 0. The van der Waals surface area contributed by atoms with Gasteiger partial charge < -0.3 is 9.88 Å². The van der Waals surface area contributed by atoms with Gasteiger partial charge >= 0.3 is 0 Å². The first-order chi connectivity index (χ1) is 10.4. The van der Waals surface area contributed by atoms with Crippen LogP contribution in [-0.2, 0) is 6.54 Å². The normalized spacial score (nSPS) is 25.5.